The molecule has 0 saturated heterocycles. The van der Waals surface area contributed by atoms with E-state index >= 15 is 0 Å². The Bertz CT molecular complexity index is 1050. The number of nitrogens with zero attached hydrogens (tertiary/aromatic N) is 1. The fourth-order valence-electron chi connectivity index (χ4n) is 2.67. The van der Waals surface area contributed by atoms with Gasteiger partial charge < -0.3 is 10.1 Å². The topological polar surface area (TPSA) is 92.3 Å². The molecule has 0 bridgehead atoms. The first-order valence-corrected chi connectivity index (χ1v) is 8.91. The number of anilines is 2. The predicted molar refractivity (Wildman–Crippen MR) is 110 cm³/mol. The number of carbonyl (C=O) groups is 2. The van der Waals surface area contributed by atoms with Crippen molar-refractivity contribution in [2.45, 2.75) is 6.92 Å². The number of nitrogens with one attached hydrogen (secondary N) is 3. The Morgan fingerprint density at radius 2 is 1.75 bits per heavy atom. The molecule has 0 fully saturated rings. The second-order valence-electron chi connectivity index (χ2n) is 5.75. The number of fused-ring (bicyclic) bond motifs is 1. The number of hydrazine groups is 1. The third-order valence-corrected chi connectivity index (χ3v) is 4.51. The van der Waals surface area contributed by atoms with Gasteiger partial charge in [-0.05, 0) is 30.3 Å². The molecule has 0 spiro atoms. The van der Waals surface area contributed by atoms with Gasteiger partial charge in [-0.1, -0.05) is 29.3 Å². The van der Waals surface area contributed by atoms with Crippen molar-refractivity contribution in [3.8, 4) is 5.75 Å². The molecule has 3 aromatic rings. The molecule has 0 aliphatic rings. The van der Waals surface area contributed by atoms with Crippen LogP contribution in [0.25, 0.3) is 10.9 Å². The van der Waals surface area contributed by atoms with Gasteiger partial charge in [0.25, 0.3) is 5.91 Å². The Hall–Kier alpha value is -3.03. The number of benzene rings is 2. The molecule has 3 N–H and O–H groups in total. The first-order valence-electron chi connectivity index (χ1n) is 8.16. The molecule has 1 aromatic heterocycles. The van der Waals surface area contributed by atoms with Crippen LogP contribution >= 0.6 is 23.2 Å². The standard InChI is InChI=1S/C19H16Cl2N4O3/c1-10(26)24-25-13-8-9-22-18-14(6-7-15(28-2)17(13)18)23-19(27)16-11(20)4-3-5-12(16)21/h3-9H,1-2H3,(H,22,25)(H,23,27)(H,24,26). The van der Waals surface area contributed by atoms with E-state index in [1.54, 1.807) is 42.6 Å². The minimum atomic E-state index is -0.468. The minimum absolute atomic E-state index is 0.169. The average Bonchev–Trinajstić information content (AvgIpc) is 2.66. The molecule has 2 aromatic carbocycles. The molecular formula is C19H16Cl2N4O3. The summed E-state index contributed by atoms with van der Waals surface area (Å²) in [6, 6.07) is 9.86. The third-order valence-electron chi connectivity index (χ3n) is 3.89. The largest absolute Gasteiger partial charge is 0.496 e. The number of carbonyl (C=O) groups excluding carboxylic acids is 2. The molecule has 0 atom stereocenters. The van der Waals surface area contributed by atoms with E-state index in [9.17, 15) is 9.59 Å². The summed E-state index contributed by atoms with van der Waals surface area (Å²) in [6.07, 6.45) is 1.55. The second kappa shape index (κ2) is 8.33. The molecule has 1 heterocycles. The fraction of sp³-hybridized carbons (Fsp3) is 0.105. The summed E-state index contributed by atoms with van der Waals surface area (Å²) in [5.41, 5.74) is 6.96. The van der Waals surface area contributed by atoms with Crippen LogP contribution in [-0.4, -0.2) is 23.9 Å². The number of halogens is 2. The van der Waals surface area contributed by atoms with Crippen LogP contribution in [0.15, 0.2) is 42.6 Å². The van der Waals surface area contributed by atoms with Crippen molar-refractivity contribution in [2.24, 2.45) is 0 Å². The van der Waals surface area contributed by atoms with Crippen LogP contribution in [0.2, 0.25) is 10.0 Å². The lowest BCUT2D eigenvalue weighted by Gasteiger charge is -2.15. The second-order valence-corrected chi connectivity index (χ2v) is 6.57. The van der Waals surface area contributed by atoms with Crippen molar-refractivity contribution in [3.05, 3.63) is 58.2 Å². The van der Waals surface area contributed by atoms with Crippen LogP contribution in [0.1, 0.15) is 17.3 Å². The third kappa shape index (κ3) is 3.95. The number of methoxy groups -OCH3 is 1. The van der Waals surface area contributed by atoms with E-state index in [2.05, 4.69) is 21.2 Å². The van der Waals surface area contributed by atoms with Gasteiger partial charge in [-0.2, -0.15) is 0 Å². The number of aromatic nitrogens is 1. The number of hydrogen-bond acceptors (Lipinski definition) is 5. The number of rotatable bonds is 5. The highest BCUT2D eigenvalue weighted by molar-refractivity contribution is 6.40. The van der Waals surface area contributed by atoms with Crippen LogP contribution in [0.5, 0.6) is 5.75 Å². The maximum absolute atomic E-state index is 12.7. The summed E-state index contributed by atoms with van der Waals surface area (Å²) in [7, 11) is 1.52. The molecule has 28 heavy (non-hydrogen) atoms. The van der Waals surface area contributed by atoms with Gasteiger partial charge in [0.2, 0.25) is 5.91 Å². The number of amides is 2. The molecule has 3 rings (SSSR count). The van der Waals surface area contributed by atoms with Crippen molar-refractivity contribution in [1.82, 2.24) is 10.4 Å². The summed E-state index contributed by atoms with van der Waals surface area (Å²) < 4.78 is 5.41. The molecule has 0 unspecified atom stereocenters. The quantitative estimate of drug-likeness (QED) is 0.538. The Morgan fingerprint density at radius 3 is 2.39 bits per heavy atom. The van der Waals surface area contributed by atoms with Crippen LogP contribution in [-0.2, 0) is 4.79 Å². The van der Waals surface area contributed by atoms with Crippen LogP contribution in [0, 0.1) is 0 Å². The lowest BCUT2D eigenvalue weighted by molar-refractivity contribution is -0.118. The number of hydrogen-bond donors (Lipinski definition) is 3. The molecule has 7 nitrogen and oxygen atoms in total. The molecular weight excluding hydrogens is 403 g/mol. The number of pyridine rings is 1. The lowest BCUT2D eigenvalue weighted by atomic mass is 10.1. The van der Waals surface area contributed by atoms with E-state index in [0.717, 1.165) is 0 Å². The van der Waals surface area contributed by atoms with Crippen LogP contribution in [0.4, 0.5) is 11.4 Å². The Balaban J connectivity index is 2.06. The van der Waals surface area contributed by atoms with Crippen molar-refractivity contribution in [1.29, 1.82) is 0 Å². The molecule has 0 saturated carbocycles. The van der Waals surface area contributed by atoms with Gasteiger partial charge in [0.1, 0.15) is 5.75 Å². The summed E-state index contributed by atoms with van der Waals surface area (Å²) >= 11 is 12.2. The monoisotopic (exact) mass is 418 g/mol. The van der Waals surface area contributed by atoms with Gasteiger partial charge in [-0.25, -0.2) is 0 Å². The normalized spacial score (nSPS) is 10.4. The summed E-state index contributed by atoms with van der Waals surface area (Å²) in [5, 5.41) is 3.85. The molecule has 9 heteroatoms. The van der Waals surface area contributed by atoms with Crippen molar-refractivity contribution >= 4 is 57.3 Å². The van der Waals surface area contributed by atoms with Gasteiger partial charge in [0, 0.05) is 13.1 Å². The molecule has 2 amide bonds. The summed E-state index contributed by atoms with van der Waals surface area (Å²) in [4.78, 5) is 28.3. The highest BCUT2D eigenvalue weighted by Crippen LogP contribution is 2.36. The van der Waals surface area contributed by atoms with Crippen molar-refractivity contribution in [2.75, 3.05) is 17.9 Å². The highest BCUT2D eigenvalue weighted by atomic mass is 35.5. The van der Waals surface area contributed by atoms with Crippen LogP contribution < -0.4 is 20.9 Å². The van der Waals surface area contributed by atoms with Crippen molar-refractivity contribution < 1.29 is 14.3 Å². The zero-order chi connectivity index (χ0) is 20.3. The molecule has 0 aliphatic heterocycles. The first kappa shape index (κ1) is 19.7. The van der Waals surface area contributed by atoms with E-state index in [0.29, 0.717) is 28.0 Å². The molecule has 144 valence electrons. The fourth-order valence-corrected chi connectivity index (χ4v) is 3.24. The zero-order valence-corrected chi connectivity index (χ0v) is 16.5. The summed E-state index contributed by atoms with van der Waals surface area (Å²) in [6.45, 7) is 1.38. The predicted octanol–water partition coefficient (Wildman–Crippen LogP) is 4.27. The maximum Gasteiger partial charge on any atom is 0.258 e. The van der Waals surface area contributed by atoms with E-state index in [4.69, 9.17) is 27.9 Å². The van der Waals surface area contributed by atoms with E-state index in [1.807, 2.05) is 0 Å². The molecule has 0 aliphatic carbocycles. The van der Waals surface area contributed by atoms with Gasteiger partial charge >= 0.3 is 0 Å². The van der Waals surface area contributed by atoms with Crippen LogP contribution in [0.3, 0.4) is 0 Å². The highest BCUT2D eigenvalue weighted by Gasteiger charge is 2.18. The SMILES string of the molecule is COc1ccc(NC(=O)c2c(Cl)cccc2Cl)c2nccc(NNC(C)=O)c12. The van der Waals surface area contributed by atoms with Gasteiger partial charge in [-0.3, -0.25) is 25.4 Å². The smallest absolute Gasteiger partial charge is 0.258 e. The molecule has 0 radical (unpaired) electrons. The Labute approximate surface area is 171 Å². The van der Waals surface area contributed by atoms with Crippen molar-refractivity contribution in [3.63, 3.8) is 0 Å². The zero-order valence-electron chi connectivity index (χ0n) is 15.0. The maximum atomic E-state index is 12.7. The van der Waals surface area contributed by atoms with E-state index in [1.165, 1.54) is 14.0 Å². The van der Waals surface area contributed by atoms with Gasteiger partial charge in [-0.15, -0.1) is 0 Å². The Morgan fingerprint density at radius 1 is 1.04 bits per heavy atom. The Kier molecular flexibility index (Phi) is 5.87. The minimum Gasteiger partial charge on any atom is -0.496 e. The first-order chi connectivity index (χ1) is 13.4. The summed E-state index contributed by atoms with van der Waals surface area (Å²) in [5.74, 6) is -0.212. The van der Waals surface area contributed by atoms with Gasteiger partial charge in [0.15, 0.2) is 0 Å². The van der Waals surface area contributed by atoms with E-state index < -0.39 is 5.91 Å². The number of ether oxygens (including phenoxy) is 1. The average molecular weight is 419 g/mol. The lowest BCUT2D eigenvalue weighted by Crippen LogP contribution is -2.26. The van der Waals surface area contributed by atoms with E-state index in [-0.39, 0.29) is 21.5 Å². The van der Waals surface area contributed by atoms with Gasteiger partial charge in [0.05, 0.1) is 45.0 Å².